The standard InChI is InChI=1S/C17H17NO4/c1-18-5-4-16-13-8-2-3-9(19)14(13)21-15(16)10(20)7-12-17(16,22-12)11(18)6-8/h2-3,11-12,15,19H,4-7H2,1H3/t11-,12-,15+,16+,17+/m1/s1. The average molecular weight is 299 g/mol. The van der Waals surface area contributed by atoms with E-state index < -0.39 is 6.10 Å². The molecule has 0 radical (unpaired) electrons. The number of hydrogen-bond donors (Lipinski definition) is 1. The molecule has 5 aliphatic rings. The average Bonchev–Trinajstić information content (AvgIpc) is 3.07. The maximum atomic E-state index is 12.6. The van der Waals surface area contributed by atoms with Crippen LogP contribution >= 0.6 is 0 Å². The van der Waals surface area contributed by atoms with Crippen molar-refractivity contribution in [3.8, 4) is 11.5 Å². The number of piperidine rings is 1. The molecule has 2 bridgehead atoms. The second-order valence-corrected chi connectivity index (χ2v) is 7.44. The van der Waals surface area contributed by atoms with Crippen LogP contribution in [-0.2, 0) is 21.4 Å². The molecule has 1 aromatic rings. The monoisotopic (exact) mass is 299 g/mol. The summed E-state index contributed by atoms with van der Waals surface area (Å²) in [5, 5.41) is 10.3. The summed E-state index contributed by atoms with van der Waals surface area (Å²) in [5.74, 6) is 0.819. The molecule has 114 valence electrons. The van der Waals surface area contributed by atoms with Gasteiger partial charge in [-0.15, -0.1) is 0 Å². The number of rotatable bonds is 0. The molecule has 5 heteroatoms. The summed E-state index contributed by atoms with van der Waals surface area (Å²) in [6.07, 6.45) is 1.75. The van der Waals surface area contributed by atoms with Crippen molar-refractivity contribution in [3.63, 3.8) is 0 Å². The quantitative estimate of drug-likeness (QED) is 0.717. The summed E-state index contributed by atoms with van der Waals surface area (Å²) in [7, 11) is 2.15. The van der Waals surface area contributed by atoms with Gasteiger partial charge in [0.2, 0.25) is 0 Å². The van der Waals surface area contributed by atoms with E-state index in [1.54, 1.807) is 6.07 Å². The number of hydrogen-bond acceptors (Lipinski definition) is 5. The maximum absolute atomic E-state index is 12.6. The van der Waals surface area contributed by atoms with Gasteiger partial charge in [-0.05, 0) is 38.1 Å². The van der Waals surface area contributed by atoms with Gasteiger partial charge in [-0.3, -0.25) is 4.79 Å². The van der Waals surface area contributed by atoms with Crippen LogP contribution in [0.5, 0.6) is 11.5 Å². The van der Waals surface area contributed by atoms with Gasteiger partial charge in [0.1, 0.15) is 5.60 Å². The number of carbonyl (C=O) groups excluding carboxylic acids is 1. The third-order valence-electron chi connectivity index (χ3n) is 6.79. The van der Waals surface area contributed by atoms with Gasteiger partial charge in [0.15, 0.2) is 23.4 Å². The van der Waals surface area contributed by atoms with E-state index in [1.165, 1.54) is 5.56 Å². The van der Waals surface area contributed by atoms with E-state index in [-0.39, 0.29) is 28.7 Å². The Labute approximate surface area is 127 Å². The third-order valence-corrected chi connectivity index (χ3v) is 6.79. The number of likely N-dealkylation sites (N-methyl/N-ethyl adjacent to an activating group) is 1. The van der Waals surface area contributed by atoms with Crippen molar-refractivity contribution >= 4 is 5.78 Å². The van der Waals surface area contributed by atoms with Crippen LogP contribution in [0.15, 0.2) is 12.1 Å². The second kappa shape index (κ2) is 3.19. The van der Waals surface area contributed by atoms with E-state index >= 15 is 0 Å². The zero-order valence-electron chi connectivity index (χ0n) is 12.3. The number of phenols is 1. The molecule has 0 amide bonds. The highest BCUT2D eigenvalue weighted by Gasteiger charge is 2.84. The minimum absolute atomic E-state index is 0.0223. The minimum Gasteiger partial charge on any atom is -0.504 e. The van der Waals surface area contributed by atoms with Crippen LogP contribution in [0.4, 0.5) is 0 Å². The highest BCUT2D eigenvalue weighted by Crippen LogP contribution is 2.71. The first-order chi connectivity index (χ1) is 10.6. The Balaban J connectivity index is 1.73. The molecule has 22 heavy (non-hydrogen) atoms. The Morgan fingerprint density at radius 1 is 1.36 bits per heavy atom. The van der Waals surface area contributed by atoms with E-state index in [0.29, 0.717) is 18.2 Å². The molecule has 3 heterocycles. The fourth-order valence-corrected chi connectivity index (χ4v) is 5.95. The molecule has 2 spiro atoms. The molecule has 6 rings (SSSR count). The number of epoxide rings is 1. The zero-order valence-corrected chi connectivity index (χ0v) is 12.3. The molecular weight excluding hydrogens is 282 g/mol. The lowest BCUT2D eigenvalue weighted by Crippen LogP contribution is -2.71. The van der Waals surface area contributed by atoms with Crippen molar-refractivity contribution in [3.05, 3.63) is 23.3 Å². The fraction of sp³-hybridized carbons (Fsp3) is 0.588. The molecular formula is C17H17NO4. The summed E-state index contributed by atoms with van der Waals surface area (Å²) in [6.45, 7) is 0.935. The Kier molecular flexibility index (Phi) is 1.73. The molecule has 5 nitrogen and oxygen atoms in total. The van der Waals surface area contributed by atoms with Crippen LogP contribution in [0.1, 0.15) is 24.0 Å². The summed E-state index contributed by atoms with van der Waals surface area (Å²) in [6, 6.07) is 4.00. The summed E-state index contributed by atoms with van der Waals surface area (Å²) >= 11 is 0. The SMILES string of the molecule is CN1CC[C@]23c4c5ccc(O)c4O[C@H]2C(=O)C[C@H]2O[C@@]23[C@H]1C5. The Bertz CT molecular complexity index is 761. The first kappa shape index (κ1) is 11.9. The minimum atomic E-state index is -0.482. The highest BCUT2D eigenvalue weighted by atomic mass is 16.6. The van der Waals surface area contributed by atoms with Crippen LogP contribution in [0, 0.1) is 0 Å². The molecule has 2 saturated heterocycles. The number of ketones is 1. The number of nitrogens with zero attached hydrogens (tertiary/aromatic N) is 1. The van der Waals surface area contributed by atoms with Crippen molar-refractivity contribution in [2.24, 2.45) is 0 Å². The number of aromatic hydroxyl groups is 1. The number of carbonyl (C=O) groups is 1. The number of likely N-dealkylation sites (tertiary alicyclic amines) is 1. The van der Waals surface area contributed by atoms with Crippen molar-refractivity contribution < 1.29 is 19.4 Å². The first-order valence-electron chi connectivity index (χ1n) is 8.02. The summed E-state index contributed by atoms with van der Waals surface area (Å²) < 4.78 is 12.3. The molecule has 0 unspecified atom stereocenters. The molecule has 1 saturated carbocycles. The Morgan fingerprint density at radius 2 is 2.23 bits per heavy atom. The summed E-state index contributed by atoms with van der Waals surface area (Å²) in [5.41, 5.74) is 1.61. The first-order valence-corrected chi connectivity index (χ1v) is 8.02. The normalized spacial score (nSPS) is 46.8. The number of ether oxygens (including phenoxy) is 2. The van der Waals surface area contributed by atoms with Crippen LogP contribution < -0.4 is 4.74 Å². The number of benzene rings is 1. The van der Waals surface area contributed by atoms with Crippen LogP contribution in [0.25, 0.3) is 0 Å². The summed E-state index contributed by atoms with van der Waals surface area (Å²) in [4.78, 5) is 15.0. The topological polar surface area (TPSA) is 62.3 Å². The number of Topliss-reactive ketones (excluding diaryl/α,β-unsaturated/α-hetero) is 1. The predicted molar refractivity (Wildman–Crippen MR) is 76.2 cm³/mol. The molecule has 1 aromatic carbocycles. The molecule has 3 aliphatic heterocycles. The van der Waals surface area contributed by atoms with Crippen molar-refractivity contribution in [1.29, 1.82) is 0 Å². The lowest BCUT2D eigenvalue weighted by Gasteiger charge is -2.55. The van der Waals surface area contributed by atoms with Crippen LogP contribution in [-0.4, -0.2) is 53.2 Å². The lowest BCUT2D eigenvalue weighted by atomic mass is 9.51. The maximum Gasteiger partial charge on any atom is 0.177 e. The Morgan fingerprint density at radius 3 is 3.09 bits per heavy atom. The molecule has 1 N–H and O–H groups in total. The molecule has 2 aliphatic carbocycles. The molecule has 3 fully saturated rings. The van der Waals surface area contributed by atoms with Gasteiger partial charge in [0.05, 0.1) is 11.5 Å². The largest absolute Gasteiger partial charge is 0.504 e. The highest BCUT2D eigenvalue weighted by molar-refractivity contribution is 5.91. The van der Waals surface area contributed by atoms with Crippen molar-refractivity contribution in [2.45, 2.75) is 48.5 Å². The van der Waals surface area contributed by atoms with Crippen LogP contribution in [0.3, 0.4) is 0 Å². The van der Waals surface area contributed by atoms with E-state index in [9.17, 15) is 9.90 Å². The Hall–Kier alpha value is -1.59. The lowest BCUT2D eigenvalue weighted by molar-refractivity contribution is -0.134. The van der Waals surface area contributed by atoms with E-state index in [0.717, 1.165) is 24.9 Å². The third kappa shape index (κ3) is 0.931. The van der Waals surface area contributed by atoms with Gasteiger partial charge < -0.3 is 19.5 Å². The van der Waals surface area contributed by atoms with Gasteiger partial charge in [-0.25, -0.2) is 0 Å². The zero-order chi connectivity index (χ0) is 14.9. The van der Waals surface area contributed by atoms with Gasteiger partial charge in [0.25, 0.3) is 0 Å². The predicted octanol–water partition coefficient (Wildman–Crippen LogP) is 0.762. The van der Waals surface area contributed by atoms with Gasteiger partial charge in [-0.2, -0.15) is 0 Å². The van der Waals surface area contributed by atoms with Crippen molar-refractivity contribution in [2.75, 3.05) is 13.6 Å². The van der Waals surface area contributed by atoms with E-state index in [4.69, 9.17) is 9.47 Å². The molecule has 0 aromatic heterocycles. The van der Waals surface area contributed by atoms with E-state index in [2.05, 4.69) is 11.9 Å². The fourth-order valence-electron chi connectivity index (χ4n) is 5.95. The van der Waals surface area contributed by atoms with E-state index in [1.807, 2.05) is 6.07 Å². The number of phenolic OH excluding ortho intramolecular Hbond substituents is 1. The van der Waals surface area contributed by atoms with Gasteiger partial charge >= 0.3 is 0 Å². The molecule has 5 atom stereocenters. The van der Waals surface area contributed by atoms with Gasteiger partial charge in [-0.1, -0.05) is 6.07 Å². The van der Waals surface area contributed by atoms with Gasteiger partial charge in [0, 0.05) is 18.0 Å². The second-order valence-electron chi connectivity index (χ2n) is 7.44. The van der Waals surface area contributed by atoms with Crippen molar-refractivity contribution in [1.82, 2.24) is 4.90 Å². The van der Waals surface area contributed by atoms with Crippen LogP contribution in [0.2, 0.25) is 0 Å². The smallest absolute Gasteiger partial charge is 0.177 e.